The number of benzene rings is 1. The third-order valence-corrected chi connectivity index (χ3v) is 3.65. The fourth-order valence-corrected chi connectivity index (χ4v) is 2.24. The molecule has 1 heterocycles. The standard InChI is InChI=1S/C15H13N3O3/c19-13(12-9-16-7-8-17-12)18-11-3-1-10(2-4-11)15(5-6-15)14(20)21/h1-4,7-9H,5-6H2,(H,18,19)(H,20,21). The summed E-state index contributed by atoms with van der Waals surface area (Å²) in [5.74, 6) is -1.14. The Hall–Kier alpha value is -2.76. The number of anilines is 1. The van der Waals surface area contributed by atoms with E-state index < -0.39 is 11.4 Å². The number of aliphatic carboxylic acids is 1. The van der Waals surface area contributed by atoms with Crippen molar-refractivity contribution in [1.82, 2.24) is 9.97 Å². The van der Waals surface area contributed by atoms with Crippen LogP contribution >= 0.6 is 0 Å². The van der Waals surface area contributed by atoms with Gasteiger partial charge in [-0.15, -0.1) is 0 Å². The summed E-state index contributed by atoms with van der Waals surface area (Å²) in [4.78, 5) is 30.9. The van der Waals surface area contributed by atoms with Gasteiger partial charge in [0.25, 0.3) is 5.91 Å². The monoisotopic (exact) mass is 283 g/mol. The average Bonchev–Trinajstić information content (AvgIpc) is 3.31. The molecule has 2 aromatic rings. The predicted octanol–water partition coefficient (Wildman–Crippen LogP) is 1.85. The molecule has 1 amide bonds. The predicted molar refractivity (Wildman–Crippen MR) is 75.0 cm³/mol. The van der Waals surface area contributed by atoms with Gasteiger partial charge in [0.15, 0.2) is 0 Å². The summed E-state index contributed by atoms with van der Waals surface area (Å²) in [5, 5.41) is 11.9. The van der Waals surface area contributed by atoms with Crippen LogP contribution in [-0.2, 0) is 10.2 Å². The molecule has 0 saturated heterocycles. The maximum Gasteiger partial charge on any atom is 0.314 e. The Balaban J connectivity index is 1.74. The normalized spacial score (nSPS) is 15.2. The van der Waals surface area contributed by atoms with E-state index in [9.17, 15) is 14.7 Å². The first-order chi connectivity index (χ1) is 10.1. The van der Waals surface area contributed by atoms with Crippen molar-refractivity contribution in [3.05, 3.63) is 54.1 Å². The summed E-state index contributed by atoms with van der Waals surface area (Å²) >= 11 is 0. The molecule has 1 aromatic carbocycles. The molecular formula is C15H13N3O3. The van der Waals surface area contributed by atoms with Crippen molar-refractivity contribution in [2.45, 2.75) is 18.3 Å². The van der Waals surface area contributed by atoms with Gasteiger partial charge in [-0.1, -0.05) is 12.1 Å². The van der Waals surface area contributed by atoms with E-state index in [1.54, 1.807) is 24.3 Å². The molecule has 1 aliphatic rings. The number of amides is 1. The van der Waals surface area contributed by atoms with Crippen LogP contribution in [0.1, 0.15) is 28.9 Å². The highest BCUT2D eigenvalue weighted by Gasteiger charge is 2.51. The summed E-state index contributed by atoms with van der Waals surface area (Å²) < 4.78 is 0. The van der Waals surface area contributed by atoms with Crippen molar-refractivity contribution < 1.29 is 14.7 Å². The van der Waals surface area contributed by atoms with Crippen LogP contribution < -0.4 is 5.32 Å². The summed E-state index contributed by atoms with van der Waals surface area (Å²) in [6.07, 6.45) is 5.64. The molecule has 1 aromatic heterocycles. The molecule has 6 heteroatoms. The van der Waals surface area contributed by atoms with Gasteiger partial charge in [0.05, 0.1) is 11.6 Å². The van der Waals surface area contributed by atoms with Crippen LogP contribution in [0.4, 0.5) is 5.69 Å². The Morgan fingerprint density at radius 3 is 2.38 bits per heavy atom. The zero-order valence-corrected chi connectivity index (χ0v) is 11.1. The molecule has 1 saturated carbocycles. The van der Waals surface area contributed by atoms with Crippen molar-refractivity contribution in [3.63, 3.8) is 0 Å². The van der Waals surface area contributed by atoms with E-state index in [1.165, 1.54) is 18.6 Å². The molecule has 6 nitrogen and oxygen atoms in total. The fraction of sp³-hybridized carbons (Fsp3) is 0.200. The number of carboxylic acids is 1. The van der Waals surface area contributed by atoms with Gasteiger partial charge in [-0.3, -0.25) is 14.6 Å². The van der Waals surface area contributed by atoms with Gasteiger partial charge in [0.1, 0.15) is 5.69 Å². The molecule has 0 spiro atoms. The fourth-order valence-electron chi connectivity index (χ4n) is 2.24. The Bertz CT molecular complexity index is 679. The number of carbonyl (C=O) groups is 2. The van der Waals surface area contributed by atoms with E-state index >= 15 is 0 Å². The van der Waals surface area contributed by atoms with Crippen LogP contribution in [0.5, 0.6) is 0 Å². The quantitative estimate of drug-likeness (QED) is 0.893. The number of rotatable bonds is 4. The smallest absolute Gasteiger partial charge is 0.314 e. The van der Waals surface area contributed by atoms with Crippen LogP contribution in [0, 0.1) is 0 Å². The highest BCUT2D eigenvalue weighted by atomic mass is 16.4. The largest absolute Gasteiger partial charge is 0.481 e. The number of hydrogen-bond acceptors (Lipinski definition) is 4. The minimum absolute atomic E-state index is 0.228. The Labute approximate surface area is 120 Å². The van der Waals surface area contributed by atoms with Gasteiger partial charge in [0, 0.05) is 18.1 Å². The molecule has 0 unspecified atom stereocenters. The molecule has 1 fully saturated rings. The van der Waals surface area contributed by atoms with Crippen LogP contribution in [0.15, 0.2) is 42.9 Å². The third kappa shape index (κ3) is 2.47. The van der Waals surface area contributed by atoms with Gasteiger partial charge < -0.3 is 10.4 Å². The molecule has 0 aliphatic heterocycles. The highest BCUT2D eigenvalue weighted by Crippen LogP contribution is 2.48. The second kappa shape index (κ2) is 4.97. The second-order valence-corrected chi connectivity index (χ2v) is 5.01. The summed E-state index contributed by atoms with van der Waals surface area (Å²) in [7, 11) is 0. The van der Waals surface area contributed by atoms with Crippen molar-refractivity contribution in [1.29, 1.82) is 0 Å². The van der Waals surface area contributed by atoms with E-state index in [0.29, 0.717) is 18.5 Å². The number of aromatic nitrogens is 2. The lowest BCUT2D eigenvalue weighted by atomic mass is 9.96. The number of carboxylic acid groups (broad SMARTS) is 1. The van der Waals surface area contributed by atoms with Crippen LogP contribution in [-0.4, -0.2) is 27.0 Å². The minimum atomic E-state index is -0.793. The summed E-state index contributed by atoms with van der Waals surface area (Å²) in [6.45, 7) is 0. The average molecular weight is 283 g/mol. The molecule has 2 N–H and O–H groups in total. The van der Waals surface area contributed by atoms with Gasteiger partial charge >= 0.3 is 5.97 Å². The summed E-state index contributed by atoms with van der Waals surface area (Å²) in [6, 6.07) is 6.89. The lowest BCUT2D eigenvalue weighted by Gasteiger charge is -2.11. The molecule has 3 rings (SSSR count). The van der Waals surface area contributed by atoms with Crippen LogP contribution in [0.3, 0.4) is 0 Å². The number of nitrogens with one attached hydrogen (secondary N) is 1. The second-order valence-electron chi connectivity index (χ2n) is 5.01. The van der Waals surface area contributed by atoms with Gasteiger partial charge in [-0.05, 0) is 30.5 Å². The van der Waals surface area contributed by atoms with Gasteiger partial charge in [0.2, 0.25) is 0 Å². The van der Waals surface area contributed by atoms with Crippen molar-refractivity contribution in [3.8, 4) is 0 Å². The zero-order valence-electron chi connectivity index (χ0n) is 11.1. The van der Waals surface area contributed by atoms with Crippen LogP contribution in [0.25, 0.3) is 0 Å². The summed E-state index contributed by atoms with van der Waals surface area (Å²) in [5.41, 5.74) is 0.863. The molecule has 0 bridgehead atoms. The molecule has 0 atom stereocenters. The van der Waals surface area contributed by atoms with E-state index in [4.69, 9.17) is 0 Å². The van der Waals surface area contributed by atoms with Crippen molar-refractivity contribution in [2.24, 2.45) is 0 Å². The van der Waals surface area contributed by atoms with E-state index in [1.807, 2.05) is 0 Å². The van der Waals surface area contributed by atoms with E-state index in [2.05, 4.69) is 15.3 Å². The van der Waals surface area contributed by atoms with Gasteiger partial charge in [-0.25, -0.2) is 4.98 Å². The lowest BCUT2D eigenvalue weighted by molar-refractivity contribution is -0.140. The molecule has 21 heavy (non-hydrogen) atoms. The van der Waals surface area contributed by atoms with E-state index in [-0.39, 0.29) is 11.6 Å². The third-order valence-electron chi connectivity index (χ3n) is 3.65. The highest BCUT2D eigenvalue weighted by molar-refractivity contribution is 6.02. The lowest BCUT2D eigenvalue weighted by Crippen LogP contribution is -2.19. The first-order valence-corrected chi connectivity index (χ1v) is 6.53. The first-order valence-electron chi connectivity index (χ1n) is 6.53. The van der Waals surface area contributed by atoms with Crippen LogP contribution in [0.2, 0.25) is 0 Å². The Morgan fingerprint density at radius 2 is 1.86 bits per heavy atom. The number of nitrogens with zero attached hydrogens (tertiary/aromatic N) is 2. The molecule has 1 aliphatic carbocycles. The SMILES string of the molecule is O=C(Nc1ccc(C2(C(=O)O)CC2)cc1)c1cnccn1. The Kier molecular flexibility index (Phi) is 3.13. The maximum absolute atomic E-state index is 11.9. The number of carbonyl (C=O) groups excluding carboxylic acids is 1. The zero-order chi connectivity index (χ0) is 14.9. The molecule has 106 valence electrons. The minimum Gasteiger partial charge on any atom is -0.481 e. The van der Waals surface area contributed by atoms with Crippen molar-refractivity contribution >= 4 is 17.6 Å². The van der Waals surface area contributed by atoms with Crippen molar-refractivity contribution in [2.75, 3.05) is 5.32 Å². The molecular weight excluding hydrogens is 270 g/mol. The van der Waals surface area contributed by atoms with E-state index in [0.717, 1.165) is 5.56 Å². The van der Waals surface area contributed by atoms with Gasteiger partial charge in [-0.2, -0.15) is 0 Å². The maximum atomic E-state index is 11.9. The first kappa shape index (κ1) is 13.2. The topological polar surface area (TPSA) is 92.2 Å². The number of hydrogen-bond donors (Lipinski definition) is 2. The Morgan fingerprint density at radius 1 is 1.14 bits per heavy atom. The molecule has 0 radical (unpaired) electrons.